The van der Waals surface area contributed by atoms with E-state index in [9.17, 15) is 9.59 Å². The number of hydrogen-bond acceptors (Lipinski definition) is 4. The molecule has 2 aliphatic rings. The summed E-state index contributed by atoms with van der Waals surface area (Å²) in [7, 11) is 1.79. The molecule has 0 saturated heterocycles. The second-order valence-corrected chi connectivity index (χ2v) is 9.67. The highest BCUT2D eigenvalue weighted by Gasteiger charge is 2.40. The van der Waals surface area contributed by atoms with Crippen LogP contribution in [0.15, 0.2) is 11.3 Å². The van der Waals surface area contributed by atoms with Gasteiger partial charge < -0.3 is 14.7 Å². The molecule has 1 atom stereocenters. The van der Waals surface area contributed by atoms with Gasteiger partial charge in [0, 0.05) is 25.8 Å². The third-order valence-corrected chi connectivity index (χ3v) is 5.81. The first-order chi connectivity index (χ1) is 12.7. The second kappa shape index (κ2) is 9.72. The molecule has 0 aromatic carbocycles. The summed E-state index contributed by atoms with van der Waals surface area (Å²) in [5.74, 6) is 2.14. The molecule has 0 radical (unpaired) electrons. The molecule has 0 spiro atoms. The Morgan fingerprint density at radius 2 is 1.93 bits per heavy atom. The fourth-order valence-electron chi connectivity index (χ4n) is 4.48. The number of allylic oxidation sites excluding steroid dienone is 2. The van der Waals surface area contributed by atoms with Gasteiger partial charge in [0.05, 0.1) is 0 Å². The summed E-state index contributed by atoms with van der Waals surface area (Å²) in [6, 6.07) is 0. The maximum absolute atomic E-state index is 11.1. The highest BCUT2D eigenvalue weighted by atomic mass is 16.6. The Hall–Kier alpha value is -1.36. The number of carboxylic acid groups (broad SMARTS) is 1. The smallest absolute Gasteiger partial charge is 0.303 e. The first-order valence-corrected chi connectivity index (χ1v) is 10.5. The zero-order chi connectivity index (χ0) is 20.0. The van der Waals surface area contributed by atoms with Crippen LogP contribution in [0.5, 0.6) is 0 Å². The molecule has 2 fully saturated rings. The summed E-state index contributed by atoms with van der Waals surface area (Å²) in [5.41, 5.74) is 4.57. The summed E-state index contributed by atoms with van der Waals surface area (Å²) in [5, 5.41) is 9.00. The maximum Gasteiger partial charge on any atom is 0.303 e. The summed E-state index contributed by atoms with van der Waals surface area (Å²) in [6.45, 7) is 6.88. The Labute approximate surface area is 163 Å². The van der Waals surface area contributed by atoms with Crippen LogP contribution in [0.1, 0.15) is 78.6 Å². The zero-order valence-corrected chi connectivity index (χ0v) is 17.4. The van der Waals surface area contributed by atoms with Gasteiger partial charge in [0.15, 0.2) is 0 Å². The highest BCUT2D eigenvalue weighted by molar-refractivity contribution is 5.66. The fraction of sp³-hybridized carbons (Fsp3) is 0.818. The quantitative estimate of drug-likeness (QED) is 0.291. The van der Waals surface area contributed by atoms with Gasteiger partial charge in [-0.1, -0.05) is 20.8 Å². The lowest BCUT2D eigenvalue weighted by Crippen LogP contribution is -2.32. The fourth-order valence-corrected chi connectivity index (χ4v) is 4.48. The number of rotatable bonds is 12. The van der Waals surface area contributed by atoms with Crippen molar-refractivity contribution in [2.75, 3.05) is 7.05 Å². The van der Waals surface area contributed by atoms with Crippen LogP contribution in [0.2, 0.25) is 0 Å². The molecule has 2 saturated carbocycles. The van der Waals surface area contributed by atoms with Crippen molar-refractivity contribution in [2.24, 2.45) is 29.1 Å². The first kappa shape index (κ1) is 21.9. The minimum Gasteiger partial charge on any atom is -0.481 e. The molecular formula is C22H37NO4. The van der Waals surface area contributed by atoms with E-state index in [2.05, 4.69) is 26.3 Å². The predicted molar refractivity (Wildman–Crippen MR) is 106 cm³/mol. The zero-order valence-electron chi connectivity index (χ0n) is 17.4. The molecule has 0 heterocycles. The number of aldehydes is 1. The Balaban J connectivity index is 2.09. The van der Waals surface area contributed by atoms with Gasteiger partial charge in [-0.05, 0) is 73.7 Å². The Morgan fingerprint density at radius 3 is 2.41 bits per heavy atom. The molecular weight excluding hydrogens is 342 g/mol. The van der Waals surface area contributed by atoms with Crippen molar-refractivity contribution < 1.29 is 19.5 Å². The molecule has 1 unspecified atom stereocenters. The molecule has 0 aromatic heterocycles. The normalized spacial score (nSPS) is 24.6. The van der Waals surface area contributed by atoms with Gasteiger partial charge >= 0.3 is 5.97 Å². The molecule has 0 bridgehead atoms. The molecule has 2 rings (SSSR count). The van der Waals surface area contributed by atoms with Crippen LogP contribution >= 0.6 is 0 Å². The average molecular weight is 380 g/mol. The molecule has 0 aromatic rings. The van der Waals surface area contributed by atoms with Crippen molar-refractivity contribution in [1.29, 1.82) is 0 Å². The van der Waals surface area contributed by atoms with Gasteiger partial charge in [0.25, 0.3) is 0 Å². The lowest BCUT2D eigenvalue weighted by Gasteiger charge is -2.40. The third kappa shape index (κ3) is 7.28. The summed E-state index contributed by atoms with van der Waals surface area (Å²) < 4.78 is 0. The summed E-state index contributed by atoms with van der Waals surface area (Å²) in [6.07, 6.45) is 8.73. The topological polar surface area (TPSA) is 75.6 Å². The monoisotopic (exact) mass is 379 g/mol. The number of hydrogen-bond donors (Lipinski definition) is 2. The minimum absolute atomic E-state index is 0.0927. The van der Waals surface area contributed by atoms with E-state index in [-0.39, 0.29) is 12.3 Å². The van der Waals surface area contributed by atoms with E-state index >= 15 is 0 Å². The molecule has 0 amide bonds. The van der Waals surface area contributed by atoms with E-state index in [4.69, 9.17) is 9.94 Å². The van der Waals surface area contributed by atoms with Crippen LogP contribution in [0.4, 0.5) is 0 Å². The van der Waals surface area contributed by atoms with Crippen LogP contribution in [0, 0.1) is 29.1 Å². The number of aliphatic carboxylic acids is 1. The van der Waals surface area contributed by atoms with Crippen molar-refractivity contribution in [3.8, 4) is 0 Å². The lowest BCUT2D eigenvalue weighted by atomic mass is 9.67. The molecule has 154 valence electrons. The van der Waals surface area contributed by atoms with Crippen LogP contribution in [-0.2, 0) is 14.4 Å². The number of hydroxylamine groups is 1. The van der Waals surface area contributed by atoms with Crippen molar-refractivity contribution >= 4 is 12.3 Å². The largest absolute Gasteiger partial charge is 0.481 e. The van der Waals surface area contributed by atoms with E-state index < -0.39 is 5.97 Å². The average Bonchev–Trinajstić information content (AvgIpc) is 3.35. The van der Waals surface area contributed by atoms with Gasteiger partial charge in [0.1, 0.15) is 12.0 Å². The van der Waals surface area contributed by atoms with Crippen molar-refractivity contribution in [3.05, 3.63) is 11.3 Å². The highest BCUT2D eigenvalue weighted by Crippen LogP contribution is 2.50. The molecule has 5 heteroatoms. The van der Waals surface area contributed by atoms with Crippen LogP contribution in [0.25, 0.3) is 0 Å². The molecule has 5 nitrogen and oxygen atoms in total. The van der Waals surface area contributed by atoms with E-state index in [1.165, 1.54) is 24.8 Å². The van der Waals surface area contributed by atoms with Gasteiger partial charge in [-0.3, -0.25) is 4.79 Å². The number of carbonyl (C=O) groups excluding carboxylic acids is 1. The van der Waals surface area contributed by atoms with E-state index in [0.717, 1.165) is 37.2 Å². The number of carbonyl (C=O) groups is 2. The van der Waals surface area contributed by atoms with Gasteiger partial charge in [-0.25, -0.2) is 0 Å². The van der Waals surface area contributed by atoms with Gasteiger partial charge in [-0.15, -0.1) is 0 Å². The van der Waals surface area contributed by atoms with Gasteiger partial charge in [-0.2, -0.15) is 5.48 Å². The predicted octanol–water partition coefficient (Wildman–Crippen LogP) is 4.72. The van der Waals surface area contributed by atoms with E-state index in [1.54, 1.807) is 7.05 Å². The Morgan fingerprint density at radius 1 is 1.26 bits per heavy atom. The Bertz CT molecular complexity index is 539. The van der Waals surface area contributed by atoms with Crippen molar-refractivity contribution in [1.82, 2.24) is 5.48 Å². The third-order valence-electron chi connectivity index (χ3n) is 5.81. The number of carboxylic acids is 1. The van der Waals surface area contributed by atoms with Crippen LogP contribution in [-0.4, -0.2) is 24.4 Å². The maximum atomic E-state index is 11.1. The first-order valence-electron chi connectivity index (χ1n) is 10.5. The molecule has 27 heavy (non-hydrogen) atoms. The number of nitrogens with one attached hydrogen (secondary N) is 1. The SMILES string of the molecule is CNO/C(=C(\CC(CC=O)CCC(=O)O)C1CC1)C1CC(CC(C)(C)C)C1. The van der Waals surface area contributed by atoms with Crippen LogP contribution < -0.4 is 5.48 Å². The molecule has 2 N–H and O–H groups in total. The molecule has 0 aliphatic heterocycles. The van der Waals surface area contributed by atoms with E-state index in [1.807, 2.05) is 0 Å². The molecule has 2 aliphatic carbocycles. The van der Waals surface area contributed by atoms with Crippen LogP contribution in [0.3, 0.4) is 0 Å². The van der Waals surface area contributed by atoms with Gasteiger partial charge in [0.2, 0.25) is 0 Å². The standard InChI is InChI=1S/C22H37NO4/c1-22(2,3)14-16-11-18(12-16)21(27-23-4)19(17-6-7-17)13-15(9-10-24)5-8-20(25)26/h10,15-18,23H,5-9,11-14H2,1-4H3,(H,25,26)/b21-19+. The van der Waals surface area contributed by atoms with E-state index in [0.29, 0.717) is 30.1 Å². The second-order valence-electron chi connectivity index (χ2n) is 9.67. The lowest BCUT2D eigenvalue weighted by molar-refractivity contribution is -0.137. The summed E-state index contributed by atoms with van der Waals surface area (Å²) in [4.78, 5) is 28.0. The van der Waals surface area contributed by atoms with Crippen molar-refractivity contribution in [3.63, 3.8) is 0 Å². The minimum atomic E-state index is -0.793. The van der Waals surface area contributed by atoms with Crippen molar-refractivity contribution in [2.45, 2.75) is 78.6 Å². The Kier molecular flexibility index (Phi) is 7.90. The summed E-state index contributed by atoms with van der Waals surface area (Å²) >= 11 is 0.